The van der Waals surface area contributed by atoms with E-state index in [4.69, 9.17) is 0 Å². The van der Waals surface area contributed by atoms with Crippen LogP contribution in [0.2, 0.25) is 0 Å². The molecule has 1 saturated heterocycles. The highest BCUT2D eigenvalue weighted by Gasteiger charge is 2.25. The van der Waals surface area contributed by atoms with Gasteiger partial charge in [0.15, 0.2) is 17.6 Å². The molecule has 1 aromatic carbocycles. The second-order valence-corrected chi connectivity index (χ2v) is 7.32. The fourth-order valence-corrected chi connectivity index (χ4v) is 3.47. The number of nitrogens with zero attached hydrogens (tertiary/aromatic N) is 4. The molecule has 2 aromatic rings. The van der Waals surface area contributed by atoms with Crippen molar-refractivity contribution in [3.63, 3.8) is 0 Å². The molecule has 1 unspecified atom stereocenters. The highest BCUT2D eigenvalue weighted by atomic mass is 19.1. The first-order valence-corrected chi connectivity index (χ1v) is 9.61. The molecule has 0 amide bonds. The number of benzene rings is 1. The Morgan fingerprint density at radius 2 is 2.04 bits per heavy atom. The molecule has 1 atom stereocenters. The van der Waals surface area contributed by atoms with Crippen LogP contribution >= 0.6 is 0 Å². The van der Waals surface area contributed by atoms with E-state index >= 15 is 0 Å². The summed E-state index contributed by atoms with van der Waals surface area (Å²) in [6.07, 6.45) is 2.54. The van der Waals surface area contributed by atoms with Crippen LogP contribution in [-0.4, -0.2) is 56.1 Å². The second kappa shape index (κ2) is 9.50. The quantitative estimate of drug-likeness (QED) is 0.591. The fourth-order valence-electron chi connectivity index (χ4n) is 3.47. The summed E-state index contributed by atoms with van der Waals surface area (Å²) < 4.78 is 14.0. The smallest absolute Gasteiger partial charge is 0.191 e. The molecule has 28 heavy (non-hydrogen) atoms. The van der Waals surface area contributed by atoms with Crippen LogP contribution < -0.4 is 15.5 Å². The minimum Gasteiger partial charge on any atom is -0.352 e. The van der Waals surface area contributed by atoms with Crippen LogP contribution in [0.3, 0.4) is 0 Å². The number of hydrogen-bond acceptors (Lipinski definition) is 4. The van der Waals surface area contributed by atoms with E-state index in [1.807, 2.05) is 4.90 Å². The van der Waals surface area contributed by atoms with E-state index in [-0.39, 0.29) is 11.9 Å². The van der Waals surface area contributed by atoms with E-state index in [9.17, 15) is 4.39 Å². The molecule has 3 rings (SSSR count). The first kappa shape index (κ1) is 20.1. The standard InChI is InChI=1S/C21H29FN6/c1-23-21(25-13-16-7-4-5-8-17(16)14-27(2)3)26-18-10-12-28(15-18)20-19(22)9-6-11-24-20/h4-9,11,18H,10,12-15H2,1-3H3,(H2,23,25,26). The number of aromatic nitrogens is 1. The third-order valence-electron chi connectivity index (χ3n) is 4.84. The van der Waals surface area contributed by atoms with E-state index in [2.05, 4.69) is 63.9 Å². The fraction of sp³-hybridized carbons (Fsp3) is 0.429. The molecule has 0 spiro atoms. The van der Waals surface area contributed by atoms with Gasteiger partial charge in [0.05, 0.1) is 0 Å². The maximum atomic E-state index is 14.0. The average molecular weight is 385 g/mol. The predicted molar refractivity (Wildman–Crippen MR) is 112 cm³/mol. The molecule has 0 radical (unpaired) electrons. The zero-order valence-electron chi connectivity index (χ0n) is 16.8. The molecular weight excluding hydrogens is 355 g/mol. The van der Waals surface area contributed by atoms with Crippen LogP contribution in [0, 0.1) is 5.82 Å². The Kier molecular flexibility index (Phi) is 6.81. The summed E-state index contributed by atoms with van der Waals surface area (Å²) in [5, 5.41) is 6.86. The van der Waals surface area contributed by atoms with Gasteiger partial charge in [-0.05, 0) is 43.8 Å². The van der Waals surface area contributed by atoms with Crippen LogP contribution in [-0.2, 0) is 13.1 Å². The van der Waals surface area contributed by atoms with Gasteiger partial charge >= 0.3 is 0 Å². The molecule has 2 heterocycles. The molecule has 1 aromatic heterocycles. The van der Waals surface area contributed by atoms with Crippen molar-refractivity contribution in [3.8, 4) is 0 Å². The maximum absolute atomic E-state index is 14.0. The number of halogens is 1. The number of guanidine groups is 1. The van der Waals surface area contributed by atoms with Gasteiger partial charge in [0, 0.05) is 45.5 Å². The van der Waals surface area contributed by atoms with Crippen molar-refractivity contribution in [1.29, 1.82) is 0 Å². The highest BCUT2D eigenvalue weighted by molar-refractivity contribution is 5.80. The Morgan fingerprint density at radius 3 is 2.75 bits per heavy atom. The molecule has 2 N–H and O–H groups in total. The normalized spacial score (nSPS) is 17.2. The van der Waals surface area contributed by atoms with Gasteiger partial charge in [-0.3, -0.25) is 4.99 Å². The van der Waals surface area contributed by atoms with Crippen LogP contribution in [0.5, 0.6) is 0 Å². The number of anilines is 1. The lowest BCUT2D eigenvalue weighted by molar-refractivity contribution is 0.400. The van der Waals surface area contributed by atoms with Crippen LogP contribution in [0.15, 0.2) is 47.6 Å². The Hall–Kier alpha value is -2.67. The molecule has 6 nitrogen and oxygen atoms in total. The first-order valence-electron chi connectivity index (χ1n) is 9.61. The Labute approximate surface area is 166 Å². The van der Waals surface area contributed by atoms with Crippen molar-refractivity contribution >= 4 is 11.8 Å². The molecule has 1 fully saturated rings. The van der Waals surface area contributed by atoms with Crippen LogP contribution in [0.1, 0.15) is 17.5 Å². The molecule has 1 aliphatic heterocycles. The Morgan fingerprint density at radius 1 is 1.25 bits per heavy atom. The van der Waals surface area contributed by atoms with Crippen molar-refractivity contribution in [2.24, 2.45) is 4.99 Å². The van der Waals surface area contributed by atoms with Gasteiger partial charge in [0.25, 0.3) is 0 Å². The number of aliphatic imine (C=N–C) groups is 1. The largest absolute Gasteiger partial charge is 0.352 e. The summed E-state index contributed by atoms with van der Waals surface area (Å²) in [6.45, 7) is 3.08. The van der Waals surface area contributed by atoms with Gasteiger partial charge in [-0.15, -0.1) is 0 Å². The summed E-state index contributed by atoms with van der Waals surface area (Å²) in [7, 11) is 5.91. The van der Waals surface area contributed by atoms with Gasteiger partial charge in [0.2, 0.25) is 0 Å². The zero-order chi connectivity index (χ0) is 19.9. The molecule has 0 saturated carbocycles. The SMILES string of the molecule is CN=C(NCc1ccccc1CN(C)C)NC1CCN(c2ncccc2F)C1. The minimum absolute atomic E-state index is 0.199. The third kappa shape index (κ3) is 5.19. The molecule has 1 aliphatic rings. The first-order chi connectivity index (χ1) is 13.6. The van der Waals surface area contributed by atoms with Gasteiger partial charge in [0.1, 0.15) is 0 Å². The van der Waals surface area contributed by atoms with Crippen molar-refractivity contribution in [2.75, 3.05) is 39.1 Å². The molecule has 0 aliphatic carbocycles. The average Bonchev–Trinajstić information content (AvgIpc) is 3.14. The lowest BCUT2D eigenvalue weighted by atomic mass is 10.1. The van der Waals surface area contributed by atoms with E-state index in [0.29, 0.717) is 18.9 Å². The molecular formula is C21H29FN6. The number of nitrogens with one attached hydrogen (secondary N) is 2. The lowest BCUT2D eigenvalue weighted by Crippen LogP contribution is -2.44. The van der Waals surface area contributed by atoms with Gasteiger partial charge in [-0.2, -0.15) is 0 Å². The van der Waals surface area contributed by atoms with Crippen molar-refractivity contribution in [3.05, 3.63) is 59.5 Å². The third-order valence-corrected chi connectivity index (χ3v) is 4.84. The zero-order valence-corrected chi connectivity index (χ0v) is 16.8. The van der Waals surface area contributed by atoms with E-state index in [1.54, 1.807) is 19.3 Å². The van der Waals surface area contributed by atoms with E-state index in [1.165, 1.54) is 17.2 Å². The minimum atomic E-state index is -0.275. The van der Waals surface area contributed by atoms with Crippen LogP contribution in [0.4, 0.5) is 10.2 Å². The van der Waals surface area contributed by atoms with Gasteiger partial charge in [-0.1, -0.05) is 24.3 Å². The monoisotopic (exact) mass is 384 g/mol. The molecule has 150 valence electrons. The Balaban J connectivity index is 1.55. The maximum Gasteiger partial charge on any atom is 0.191 e. The highest BCUT2D eigenvalue weighted by Crippen LogP contribution is 2.20. The van der Waals surface area contributed by atoms with E-state index < -0.39 is 0 Å². The molecule has 0 bridgehead atoms. The van der Waals surface area contributed by atoms with Gasteiger partial charge < -0.3 is 20.4 Å². The summed E-state index contributed by atoms with van der Waals surface area (Å²) in [4.78, 5) is 12.7. The second-order valence-electron chi connectivity index (χ2n) is 7.32. The van der Waals surface area contributed by atoms with Crippen molar-refractivity contribution in [2.45, 2.75) is 25.6 Å². The van der Waals surface area contributed by atoms with Crippen molar-refractivity contribution in [1.82, 2.24) is 20.5 Å². The van der Waals surface area contributed by atoms with E-state index in [0.717, 1.165) is 25.5 Å². The summed E-state index contributed by atoms with van der Waals surface area (Å²) in [6, 6.07) is 11.7. The number of rotatable bonds is 6. The summed E-state index contributed by atoms with van der Waals surface area (Å²) >= 11 is 0. The predicted octanol–water partition coefficient (Wildman–Crippen LogP) is 2.23. The topological polar surface area (TPSA) is 55.8 Å². The lowest BCUT2D eigenvalue weighted by Gasteiger charge is -2.20. The Bertz CT molecular complexity index is 807. The number of hydrogen-bond donors (Lipinski definition) is 2. The summed E-state index contributed by atoms with van der Waals surface area (Å²) in [5.41, 5.74) is 2.55. The molecule has 7 heteroatoms. The number of pyridine rings is 1. The van der Waals surface area contributed by atoms with Crippen LogP contribution in [0.25, 0.3) is 0 Å². The summed E-state index contributed by atoms with van der Waals surface area (Å²) in [5.74, 6) is 0.906. The van der Waals surface area contributed by atoms with Crippen molar-refractivity contribution < 1.29 is 4.39 Å². The van der Waals surface area contributed by atoms with Gasteiger partial charge in [-0.25, -0.2) is 9.37 Å².